The number of ether oxygens (including phenoxy) is 3. The van der Waals surface area contributed by atoms with Crippen molar-refractivity contribution < 1.29 is 18.4 Å². The summed E-state index contributed by atoms with van der Waals surface area (Å²) in [7, 11) is -1.32. The highest BCUT2D eigenvalue weighted by Gasteiger charge is 2.50. The predicted molar refractivity (Wildman–Crippen MR) is 105 cm³/mol. The molecule has 3 atom stereocenters. The van der Waals surface area contributed by atoms with Crippen LogP contribution in [-0.4, -0.2) is 39.8 Å². The highest BCUT2D eigenvalue weighted by molar-refractivity contribution is 9.10. The molecule has 1 aromatic rings. The second-order valence-electron chi connectivity index (χ2n) is 8.09. The smallest absolute Gasteiger partial charge is 0.172 e. The number of hydrogen-bond donors (Lipinski definition) is 0. The van der Waals surface area contributed by atoms with E-state index >= 15 is 0 Å². The molecule has 1 spiro atoms. The first-order valence-corrected chi connectivity index (χ1v) is 10.9. The normalized spacial score (nSPS) is 29.9. The van der Waals surface area contributed by atoms with Gasteiger partial charge in [-0.25, -0.2) is 4.21 Å². The fraction of sp³-hybridized carbons (Fsp3) is 0.632. The standard InChI is InChI=1S/C19H24BrNO4S/c1-18(2,3)26(22)21-17-13-6-7-19(23-8-9-24-19)11-16(13)25-15-5-4-12(20)10-14(15)17/h4-5,10,13,16H,6-9,11H2,1-3H3. The first-order valence-electron chi connectivity index (χ1n) is 9.03. The summed E-state index contributed by atoms with van der Waals surface area (Å²) in [6, 6.07) is 5.92. The predicted octanol–water partition coefficient (Wildman–Crippen LogP) is 4.00. The van der Waals surface area contributed by atoms with E-state index in [1.54, 1.807) is 0 Å². The quantitative estimate of drug-likeness (QED) is 0.660. The van der Waals surface area contributed by atoms with Crippen molar-refractivity contribution in [2.45, 2.75) is 56.7 Å². The van der Waals surface area contributed by atoms with E-state index < -0.39 is 21.5 Å². The molecule has 0 bridgehead atoms. The van der Waals surface area contributed by atoms with Crippen LogP contribution in [0.25, 0.3) is 0 Å². The summed E-state index contributed by atoms with van der Waals surface area (Å²) < 4.78 is 36.1. The van der Waals surface area contributed by atoms with E-state index in [-0.39, 0.29) is 12.0 Å². The molecule has 0 radical (unpaired) electrons. The van der Waals surface area contributed by atoms with Crippen LogP contribution in [0.3, 0.4) is 0 Å². The van der Waals surface area contributed by atoms with E-state index in [1.807, 2.05) is 39.0 Å². The number of rotatable bonds is 1. The van der Waals surface area contributed by atoms with Gasteiger partial charge in [0, 0.05) is 28.8 Å². The van der Waals surface area contributed by atoms with E-state index in [0.717, 1.165) is 34.3 Å². The van der Waals surface area contributed by atoms with Gasteiger partial charge in [0.25, 0.3) is 0 Å². The van der Waals surface area contributed by atoms with Crippen molar-refractivity contribution >= 4 is 32.6 Å². The van der Waals surface area contributed by atoms with Crippen LogP contribution in [0.5, 0.6) is 5.75 Å². The minimum absolute atomic E-state index is 0.0776. The van der Waals surface area contributed by atoms with Crippen LogP contribution in [0.2, 0.25) is 0 Å². The minimum atomic E-state index is -1.32. The third kappa shape index (κ3) is 3.39. The monoisotopic (exact) mass is 441 g/mol. The average Bonchev–Trinajstić information content (AvgIpc) is 3.02. The van der Waals surface area contributed by atoms with Crippen molar-refractivity contribution in [2.75, 3.05) is 13.2 Å². The van der Waals surface area contributed by atoms with Crippen molar-refractivity contribution in [3.63, 3.8) is 0 Å². The maximum Gasteiger partial charge on any atom is 0.172 e. The molecule has 2 fully saturated rings. The lowest BCUT2D eigenvalue weighted by Crippen LogP contribution is -2.50. The highest BCUT2D eigenvalue weighted by atomic mass is 79.9. The molecule has 2 heterocycles. The second kappa shape index (κ2) is 6.69. The van der Waals surface area contributed by atoms with Crippen LogP contribution in [0.15, 0.2) is 27.1 Å². The van der Waals surface area contributed by atoms with Gasteiger partial charge in [0.2, 0.25) is 0 Å². The van der Waals surface area contributed by atoms with Crippen molar-refractivity contribution in [3.8, 4) is 5.75 Å². The van der Waals surface area contributed by atoms with Crippen LogP contribution >= 0.6 is 15.9 Å². The summed E-state index contributed by atoms with van der Waals surface area (Å²) in [6.45, 7) is 7.11. The van der Waals surface area contributed by atoms with Gasteiger partial charge in [-0.15, -0.1) is 0 Å². The molecule has 0 N–H and O–H groups in total. The van der Waals surface area contributed by atoms with E-state index in [2.05, 4.69) is 15.9 Å². The molecule has 1 saturated carbocycles. The van der Waals surface area contributed by atoms with Crippen molar-refractivity contribution in [1.82, 2.24) is 0 Å². The Kier molecular flexibility index (Phi) is 4.78. The third-order valence-electron chi connectivity index (χ3n) is 5.16. The lowest BCUT2D eigenvalue weighted by Gasteiger charge is -2.44. The molecule has 0 aromatic heterocycles. The molecule has 3 unspecified atom stereocenters. The fourth-order valence-electron chi connectivity index (χ4n) is 3.82. The van der Waals surface area contributed by atoms with Gasteiger partial charge in [0.05, 0.1) is 23.7 Å². The van der Waals surface area contributed by atoms with Crippen LogP contribution in [-0.2, 0) is 20.5 Å². The van der Waals surface area contributed by atoms with Crippen molar-refractivity contribution in [3.05, 3.63) is 28.2 Å². The summed E-state index contributed by atoms with van der Waals surface area (Å²) in [5.74, 6) is 0.359. The van der Waals surface area contributed by atoms with Gasteiger partial charge >= 0.3 is 0 Å². The number of hydrogen-bond acceptors (Lipinski definition) is 4. The third-order valence-corrected chi connectivity index (χ3v) is 7.07. The van der Waals surface area contributed by atoms with Crippen molar-refractivity contribution in [1.29, 1.82) is 0 Å². The van der Waals surface area contributed by atoms with E-state index in [1.165, 1.54) is 0 Å². The number of halogens is 1. The molecule has 4 rings (SSSR count). The SMILES string of the molecule is CC(C)(C)S(=O)N=C1c2cc(Br)ccc2OC2CC3(CCC12)OCCO3. The summed E-state index contributed by atoms with van der Waals surface area (Å²) in [5.41, 5.74) is 1.82. The fourth-order valence-corrected chi connectivity index (χ4v) is 4.87. The van der Waals surface area contributed by atoms with Crippen LogP contribution < -0.4 is 4.74 Å². The lowest BCUT2D eigenvalue weighted by atomic mass is 9.76. The Morgan fingerprint density at radius 3 is 2.69 bits per heavy atom. The van der Waals surface area contributed by atoms with Crippen LogP contribution in [0.1, 0.15) is 45.6 Å². The molecule has 1 aromatic carbocycles. The zero-order valence-corrected chi connectivity index (χ0v) is 17.7. The Balaban J connectivity index is 1.74. The summed E-state index contributed by atoms with van der Waals surface area (Å²) in [4.78, 5) is 0. The van der Waals surface area contributed by atoms with Crippen molar-refractivity contribution in [2.24, 2.45) is 10.3 Å². The Morgan fingerprint density at radius 1 is 1.27 bits per heavy atom. The molecular weight excluding hydrogens is 418 g/mol. The molecule has 2 aliphatic heterocycles. The van der Waals surface area contributed by atoms with Gasteiger partial charge in [-0.1, -0.05) is 15.9 Å². The lowest BCUT2D eigenvalue weighted by molar-refractivity contribution is -0.197. The van der Waals surface area contributed by atoms with Gasteiger partial charge in [0.1, 0.15) is 22.8 Å². The topological polar surface area (TPSA) is 57.1 Å². The first-order chi connectivity index (χ1) is 12.3. The maximum absolute atomic E-state index is 12.8. The highest BCUT2D eigenvalue weighted by Crippen LogP contribution is 2.45. The molecule has 26 heavy (non-hydrogen) atoms. The largest absolute Gasteiger partial charge is 0.489 e. The molecule has 1 aliphatic carbocycles. The Bertz CT molecular complexity index is 767. The molecule has 142 valence electrons. The summed E-state index contributed by atoms with van der Waals surface area (Å²) in [5, 5.41) is 0. The molecule has 5 nitrogen and oxygen atoms in total. The molecule has 7 heteroatoms. The molecule has 3 aliphatic rings. The zero-order valence-electron chi connectivity index (χ0n) is 15.3. The Morgan fingerprint density at radius 2 is 2.00 bits per heavy atom. The average molecular weight is 442 g/mol. The van der Waals surface area contributed by atoms with Crippen LogP contribution in [0, 0.1) is 5.92 Å². The van der Waals surface area contributed by atoms with E-state index in [9.17, 15) is 4.21 Å². The summed E-state index contributed by atoms with van der Waals surface area (Å²) >= 11 is 3.53. The number of fused-ring (bicyclic) bond motifs is 2. The maximum atomic E-state index is 12.8. The first kappa shape index (κ1) is 18.6. The summed E-state index contributed by atoms with van der Waals surface area (Å²) in [6.07, 6.45) is 2.25. The van der Waals surface area contributed by atoms with Crippen LogP contribution in [0.4, 0.5) is 0 Å². The molecular formula is C19H24BrNO4S. The van der Waals surface area contributed by atoms with Gasteiger partial charge in [-0.3, -0.25) is 0 Å². The number of benzene rings is 1. The molecule has 0 amide bonds. The molecule has 1 saturated heterocycles. The second-order valence-corrected chi connectivity index (χ2v) is 10.9. The van der Waals surface area contributed by atoms with E-state index in [0.29, 0.717) is 19.6 Å². The zero-order chi connectivity index (χ0) is 18.5. The van der Waals surface area contributed by atoms with Gasteiger partial charge in [-0.05, 0) is 45.4 Å². The van der Waals surface area contributed by atoms with Gasteiger partial charge < -0.3 is 14.2 Å². The van der Waals surface area contributed by atoms with Gasteiger partial charge in [-0.2, -0.15) is 4.40 Å². The van der Waals surface area contributed by atoms with E-state index in [4.69, 9.17) is 18.6 Å². The number of nitrogens with zero attached hydrogens (tertiary/aromatic N) is 1. The Hall–Kier alpha value is -0.760. The Labute approximate surface area is 165 Å². The van der Waals surface area contributed by atoms with Gasteiger partial charge in [0.15, 0.2) is 5.79 Å². The minimum Gasteiger partial charge on any atom is -0.489 e.